The summed E-state index contributed by atoms with van der Waals surface area (Å²) >= 11 is 0. The highest BCUT2D eigenvalue weighted by molar-refractivity contribution is 5.92. The van der Waals surface area contributed by atoms with E-state index in [1.54, 1.807) is 0 Å². The predicted octanol–water partition coefficient (Wildman–Crippen LogP) is 2.86. The largest absolute Gasteiger partial charge is 0.326 e. The predicted molar refractivity (Wildman–Crippen MR) is 65.9 cm³/mol. The van der Waals surface area contributed by atoms with E-state index in [9.17, 15) is 22.4 Å². The average Bonchev–Trinajstić information content (AvgIpc) is 2.57. The summed E-state index contributed by atoms with van der Waals surface area (Å²) < 4.78 is 51.1. The fraction of sp³-hybridized carbons (Fsp3) is 0.462. The highest BCUT2D eigenvalue weighted by Gasteiger charge is 2.47. The number of alkyl halides is 4. The van der Waals surface area contributed by atoms with Crippen molar-refractivity contribution in [1.29, 1.82) is 0 Å². The van der Waals surface area contributed by atoms with Crippen LogP contribution < -0.4 is 11.1 Å². The maximum Gasteiger partial charge on any atom is 0.326 e. The number of rotatable bonds is 3. The van der Waals surface area contributed by atoms with Crippen molar-refractivity contribution >= 4 is 11.6 Å². The van der Waals surface area contributed by atoms with Crippen LogP contribution in [-0.2, 0) is 11.2 Å². The Morgan fingerprint density at radius 3 is 2.60 bits per heavy atom. The van der Waals surface area contributed by atoms with Crippen LogP contribution in [0.15, 0.2) is 18.2 Å². The molecule has 0 fully saturated rings. The van der Waals surface area contributed by atoms with E-state index < -0.39 is 18.4 Å². The van der Waals surface area contributed by atoms with Crippen LogP contribution in [0, 0.1) is 0 Å². The molecule has 0 saturated carbocycles. The number of carbonyl (C=O) groups excluding carboxylic acids is 1. The monoisotopic (exact) mass is 290 g/mol. The van der Waals surface area contributed by atoms with E-state index in [-0.39, 0.29) is 11.5 Å². The Balaban J connectivity index is 2.31. The highest BCUT2D eigenvalue weighted by atomic mass is 19.3. The summed E-state index contributed by atoms with van der Waals surface area (Å²) in [6.07, 6.45) is -2.41. The number of hydrogen-bond acceptors (Lipinski definition) is 2. The summed E-state index contributed by atoms with van der Waals surface area (Å²) in [5.74, 6) is -4.44. The van der Waals surface area contributed by atoms with Crippen LogP contribution in [0.2, 0.25) is 0 Å². The summed E-state index contributed by atoms with van der Waals surface area (Å²) in [5.41, 5.74) is 6.34. The number of hydrogen-bond donors (Lipinski definition) is 2. The standard InChI is InChI=1S/C13H14F4N2O/c14-12(15)13(16,17)11(18)8-4-5-9-7(6-8)2-1-3-10(20)19-9/h4-6,11-12H,1-3,18H2,(H,19,20). The molecule has 1 aromatic carbocycles. The lowest BCUT2D eigenvalue weighted by Crippen LogP contribution is -2.39. The van der Waals surface area contributed by atoms with Crippen LogP contribution >= 0.6 is 0 Å². The number of nitrogens with two attached hydrogens (primary N) is 1. The lowest BCUT2D eigenvalue weighted by Gasteiger charge is -2.23. The molecule has 0 aromatic heterocycles. The second-order valence-electron chi connectivity index (χ2n) is 4.77. The van der Waals surface area contributed by atoms with Gasteiger partial charge in [-0.2, -0.15) is 8.78 Å². The molecule has 1 amide bonds. The molecule has 3 nitrogen and oxygen atoms in total. The van der Waals surface area contributed by atoms with Crippen molar-refractivity contribution in [3.63, 3.8) is 0 Å². The van der Waals surface area contributed by atoms with Crippen LogP contribution in [0.3, 0.4) is 0 Å². The lowest BCUT2D eigenvalue weighted by molar-refractivity contribution is -0.144. The molecule has 110 valence electrons. The normalized spacial score (nSPS) is 17.4. The first-order valence-electron chi connectivity index (χ1n) is 6.16. The molecular weight excluding hydrogens is 276 g/mol. The Kier molecular flexibility index (Phi) is 3.99. The van der Waals surface area contributed by atoms with E-state index in [1.807, 2.05) is 0 Å². The van der Waals surface area contributed by atoms with Gasteiger partial charge in [-0.3, -0.25) is 4.79 Å². The first kappa shape index (κ1) is 14.8. The van der Waals surface area contributed by atoms with Gasteiger partial charge in [-0.05, 0) is 30.0 Å². The minimum atomic E-state index is -4.29. The third kappa shape index (κ3) is 2.77. The topological polar surface area (TPSA) is 55.1 Å². The van der Waals surface area contributed by atoms with Gasteiger partial charge in [0.15, 0.2) is 0 Å². The Labute approximate surface area is 113 Å². The summed E-state index contributed by atoms with van der Waals surface area (Å²) in [6.45, 7) is 0. The van der Waals surface area contributed by atoms with Crippen molar-refractivity contribution in [2.45, 2.75) is 37.7 Å². The molecule has 0 saturated heterocycles. The van der Waals surface area contributed by atoms with E-state index in [4.69, 9.17) is 5.73 Å². The number of benzene rings is 1. The Hall–Kier alpha value is -1.63. The summed E-state index contributed by atoms with van der Waals surface area (Å²) in [4.78, 5) is 11.4. The van der Waals surface area contributed by atoms with E-state index >= 15 is 0 Å². The van der Waals surface area contributed by atoms with Gasteiger partial charge in [0.25, 0.3) is 0 Å². The number of carbonyl (C=O) groups is 1. The average molecular weight is 290 g/mol. The SMILES string of the molecule is NC(c1ccc2c(c1)CCCC(=O)N2)C(F)(F)C(F)F. The summed E-state index contributed by atoms with van der Waals surface area (Å²) in [5, 5.41) is 2.63. The third-order valence-electron chi connectivity index (χ3n) is 3.32. The Bertz CT molecular complexity index is 519. The number of aryl methyl sites for hydroxylation is 1. The summed E-state index contributed by atoms with van der Waals surface area (Å²) in [6, 6.07) is 1.95. The third-order valence-corrected chi connectivity index (χ3v) is 3.32. The number of anilines is 1. The van der Waals surface area contributed by atoms with E-state index in [1.165, 1.54) is 18.2 Å². The molecule has 0 aliphatic carbocycles. The second-order valence-corrected chi connectivity index (χ2v) is 4.77. The molecule has 0 bridgehead atoms. The molecule has 1 unspecified atom stereocenters. The molecular formula is C13H14F4N2O. The molecule has 1 aromatic rings. The quantitative estimate of drug-likeness (QED) is 0.841. The lowest BCUT2D eigenvalue weighted by atomic mass is 9.97. The molecule has 20 heavy (non-hydrogen) atoms. The van der Waals surface area contributed by atoms with Crippen molar-refractivity contribution in [3.8, 4) is 0 Å². The van der Waals surface area contributed by atoms with Crippen molar-refractivity contribution < 1.29 is 22.4 Å². The molecule has 3 N–H and O–H groups in total. The number of nitrogens with one attached hydrogen (secondary N) is 1. The van der Waals surface area contributed by atoms with Crippen LogP contribution in [0.5, 0.6) is 0 Å². The van der Waals surface area contributed by atoms with Crippen LogP contribution in [0.1, 0.15) is 30.0 Å². The van der Waals surface area contributed by atoms with Crippen LogP contribution in [-0.4, -0.2) is 18.3 Å². The number of halogens is 4. The van der Waals surface area contributed by atoms with E-state index in [0.717, 1.165) is 0 Å². The van der Waals surface area contributed by atoms with Gasteiger partial charge < -0.3 is 11.1 Å². The first-order chi connectivity index (χ1) is 9.32. The van der Waals surface area contributed by atoms with Gasteiger partial charge in [-0.15, -0.1) is 0 Å². The zero-order chi connectivity index (χ0) is 14.9. The van der Waals surface area contributed by atoms with Gasteiger partial charge in [0.1, 0.15) is 6.04 Å². The Morgan fingerprint density at radius 1 is 1.25 bits per heavy atom. The molecule has 2 rings (SSSR count). The zero-order valence-electron chi connectivity index (χ0n) is 10.5. The smallest absolute Gasteiger partial charge is 0.326 e. The fourth-order valence-electron chi connectivity index (χ4n) is 2.15. The van der Waals surface area contributed by atoms with Crippen molar-refractivity contribution in [3.05, 3.63) is 29.3 Å². The minimum Gasteiger partial charge on any atom is -0.326 e. The molecule has 1 heterocycles. The molecule has 1 aliphatic heterocycles. The molecule has 1 aliphatic rings. The van der Waals surface area contributed by atoms with Gasteiger partial charge in [0.05, 0.1) is 0 Å². The Morgan fingerprint density at radius 2 is 1.95 bits per heavy atom. The van der Waals surface area contributed by atoms with Gasteiger partial charge in [-0.25, -0.2) is 8.78 Å². The highest BCUT2D eigenvalue weighted by Crippen LogP contribution is 2.36. The number of amides is 1. The molecule has 7 heteroatoms. The van der Waals surface area contributed by atoms with Gasteiger partial charge in [0, 0.05) is 12.1 Å². The molecule has 0 radical (unpaired) electrons. The maximum atomic E-state index is 13.3. The van der Waals surface area contributed by atoms with Crippen LogP contribution in [0.4, 0.5) is 23.2 Å². The van der Waals surface area contributed by atoms with Gasteiger partial charge in [0.2, 0.25) is 5.91 Å². The van der Waals surface area contributed by atoms with Crippen LogP contribution in [0.25, 0.3) is 0 Å². The molecule has 0 spiro atoms. The van der Waals surface area contributed by atoms with Crippen molar-refractivity contribution in [1.82, 2.24) is 0 Å². The van der Waals surface area contributed by atoms with Gasteiger partial charge in [-0.1, -0.05) is 12.1 Å². The summed E-state index contributed by atoms with van der Waals surface area (Å²) in [7, 11) is 0. The fourth-order valence-corrected chi connectivity index (χ4v) is 2.15. The van der Waals surface area contributed by atoms with E-state index in [0.29, 0.717) is 30.5 Å². The first-order valence-corrected chi connectivity index (χ1v) is 6.16. The second kappa shape index (κ2) is 5.40. The minimum absolute atomic E-state index is 0.0646. The number of fused-ring (bicyclic) bond motifs is 1. The van der Waals surface area contributed by atoms with Crippen molar-refractivity contribution in [2.24, 2.45) is 5.73 Å². The molecule has 1 atom stereocenters. The van der Waals surface area contributed by atoms with Crippen molar-refractivity contribution in [2.75, 3.05) is 5.32 Å². The maximum absolute atomic E-state index is 13.3. The van der Waals surface area contributed by atoms with Gasteiger partial charge >= 0.3 is 12.3 Å². The van der Waals surface area contributed by atoms with E-state index in [2.05, 4.69) is 5.32 Å². The zero-order valence-corrected chi connectivity index (χ0v) is 10.5.